The maximum absolute atomic E-state index is 6.27. The van der Waals surface area contributed by atoms with Gasteiger partial charge in [-0.25, -0.2) is 4.98 Å². The molecular formula is C22H14Cl2N4OS. The van der Waals surface area contributed by atoms with Crippen molar-refractivity contribution in [2.75, 3.05) is 5.43 Å². The molecule has 2 N–H and O–H groups in total. The van der Waals surface area contributed by atoms with Crippen LogP contribution in [0.2, 0.25) is 10.0 Å². The molecule has 0 aliphatic heterocycles. The van der Waals surface area contributed by atoms with Crippen LogP contribution in [0.15, 0.2) is 75.7 Å². The number of hydrogen-bond donors (Lipinski definition) is 2. The second-order valence-corrected chi connectivity index (χ2v) is 8.19. The Balaban J connectivity index is 1.32. The summed E-state index contributed by atoms with van der Waals surface area (Å²) in [5.41, 5.74) is 6.56. The van der Waals surface area contributed by atoms with Gasteiger partial charge in [0.15, 0.2) is 5.76 Å². The first-order chi connectivity index (χ1) is 14.7. The second kappa shape index (κ2) is 7.99. The zero-order chi connectivity index (χ0) is 20.5. The Hall–Kier alpha value is -3.06. The van der Waals surface area contributed by atoms with E-state index < -0.39 is 0 Å². The average molecular weight is 453 g/mol. The van der Waals surface area contributed by atoms with Crippen LogP contribution < -0.4 is 5.43 Å². The van der Waals surface area contributed by atoms with Gasteiger partial charge in [-0.3, -0.25) is 5.43 Å². The summed E-state index contributed by atoms with van der Waals surface area (Å²) in [6.45, 7) is 0. The third-order valence-electron chi connectivity index (χ3n) is 4.54. The molecule has 3 aromatic heterocycles. The van der Waals surface area contributed by atoms with Gasteiger partial charge in [-0.05, 0) is 36.4 Å². The summed E-state index contributed by atoms with van der Waals surface area (Å²) in [7, 11) is 0. The molecule has 0 saturated heterocycles. The molecule has 5 aromatic rings. The van der Waals surface area contributed by atoms with Crippen molar-refractivity contribution < 1.29 is 4.42 Å². The van der Waals surface area contributed by atoms with Gasteiger partial charge >= 0.3 is 0 Å². The zero-order valence-electron chi connectivity index (χ0n) is 15.4. The molecule has 0 aliphatic carbocycles. The molecule has 0 aliphatic rings. The molecule has 5 nitrogen and oxygen atoms in total. The number of nitrogens with zero attached hydrogens (tertiary/aromatic N) is 2. The largest absolute Gasteiger partial charge is 0.454 e. The van der Waals surface area contributed by atoms with Crippen LogP contribution in [-0.2, 0) is 0 Å². The van der Waals surface area contributed by atoms with Crippen LogP contribution in [0.4, 0.5) is 5.13 Å². The molecule has 5 rings (SSSR count). The van der Waals surface area contributed by atoms with Gasteiger partial charge in [0, 0.05) is 38.6 Å². The first kappa shape index (κ1) is 18.9. The van der Waals surface area contributed by atoms with Crippen LogP contribution in [0.1, 0.15) is 5.56 Å². The van der Waals surface area contributed by atoms with Crippen molar-refractivity contribution in [3.63, 3.8) is 0 Å². The molecule has 0 radical (unpaired) electrons. The van der Waals surface area contributed by atoms with Gasteiger partial charge < -0.3 is 9.40 Å². The van der Waals surface area contributed by atoms with E-state index >= 15 is 0 Å². The average Bonchev–Trinajstić information content (AvgIpc) is 3.48. The van der Waals surface area contributed by atoms with Crippen molar-refractivity contribution in [2.45, 2.75) is 0 Å². The predicted molar refractivity (Wildman–Crippen MR) is 125 cm³/mol. The minimum absolute atomic E-state index is 0.538. The van der Waals surface area contributed by atoms with E-state index in [9.17, 15) is 0 Å². The molecular weight excluding hydrogens is 439 g/mol. The normalized spacial score (nSPS) is 11.5. The highest BCUT2D eigenvalue weighted by molar-refractivity contribution is 7.14. The number of thiazole rings is 1. The first-order valence-corrected chi connectivity index (χ1v) is 10.7. The lowest BCUT2D eigenvalue weighted by Gasteiger charge is -2.01. The Kier molecular flexibility index (Phi) is 5.04. The fourth-order valence-electron chi connectivity index (χ4n) is 3.11. The van der Waals surface area contributed by atoms with Crippen molar-refractivity contribution in [2.24, 2.45) is 5.10 Å². The molecule has 0 saturated carbocycles. The monoisotopic (exact) mass is 452 g/mol. The maximum atomic E-state index is 6.27. The molecule has 0 fully saturated rings. The molecule has 0 unspecified atom stereocenters. The summed E-state index contributed by atoms with van der Waals surface area (Å²) >= 11 is 13.7. The third kappa shape index (κ3) is 3.73. The zero-order valence-corrected chi connectivity index (χ0v) is 17.7. The maximum Gasteiger partial charge on any atom is 0.203 e. The summed E-state index contributed by atoms with van der Waals surface area (Å²) in [6, 6.07) is 17.1. The van der Waals surface area contributed by atoms with Gasteiger partial charge in [-0.2, -0.15) is 5.10 Å². The predicted octanol–water partition coefficient (Wildman–Crippen LogP) is 7.30. The molecule has 148 valence electrons. The van der Waals surface area contributed by atoms with E-state index in [0.717, 1.165) is 27.7 Å². The lowest BCUT2D eigenvalue weighted by atomic mass is 10.2. The number of benzene rings is 2. The van der Waals surface area contributed by atoms with E-state index in [1.807, 2.05) is 48.0 Å². The van der Waals surface area contributed by atoms with Gasteiger partial charge in [0.1, 0.15) is 11.5 Å². The van der Waals surface area contributed by atoms with Crippen LogP contribution in [0.3, 0.4) is 0 Å². The van der Waals surface area contributed by atoms with E-state index in [1.54, 1.807) is 18.3 Å². The summed E-state index contributed by atoms with van der Waals surface area (Å²) in [6.07, 6.45) is 3.70. The van der Waals surface area contributed by atoms with Gasteiger partial charge in [0.2, 0.25) is 5.13 Å². The van der Waals surface area contributed by atoms with Crippen molar-refractivity contribution in [3.05, 3.63) is 81.8 Å². The Morgan fingerprint density at radius 1 is 1.07 bits per heavy atom. The van der Waals surface area contributed by atoms with Crippen molar-refractivity contribution in [1.29, 1.82) is 0 Å². The number of nitrogens with one attached hydrogen (secondary N) is 2. The van der Waals surface area contributed by atoms with E-state index in [-0.39, 0.29) is 0 Å². The molecule has 0 spiro atoms. The smallest absolute Gasteiger partial charge is 0.203 e. The van der Waals surface area contributed by atoms with Gasteiger partial charge in [-0.1, -0.05) is 41.4 Å². The molecule has 8 heteroatoms. The number of rotatable bonds is 5. The van der Waals surface area contributed by atoms with Crippen molar-refractivity contribution >= 4 is 56.8 Å². The number of anilines is 1. The Bertz CT molecular complexity index is 1370. The van der Waals surface area contributed by atoms with Gasteiger partial charge in [-0.15, -0.1) is 11.3 Å². The van der Waals surface area contributed by atoms with Gasteiger partial charge in [0.05, 0.1) is 11.2 Å². The number of fused-ring (bicyclic) bond motifs is 1. The molecule has 0 bridgehead atoms. The van der Waals surface area contributed by atoms with E-state index in [0.29, 0.717) is 26.7 Å². The summed E-state index contributed by atoms with van der Waals surface area (Å²) in [5, 5.41) is 9.13. The second-order valence-electron chi connectivity index (χ2n) is 6.49. The SMILES string of the molecule is Clc1ccc(-c2ccc(-c3csc(N/N=C\c4c[nH]c5ccccc45)n3)o2)c(Cl)c1. The van der Waals surface area contributed by atoms with Crippen LogP contribution >= 0.6 is 34.5 Å². The summed E-state index contributed by atoms with van der Waals surface area (Å²) < 4.78 is 5.95. The van der Waals surface area contributed by atoms with E-state index in [1.165, 1.54) is 11.3 Å². The Morgan fingerprint density at radius 3 is 2.83 bits per heavy atom. The molecule has 3 heterocycles. The number of aromatic nitrogens is 2. The number of halogens is 2. The number of H-pyrrole nitrogens is 1. The highest BCUT2D eigenvalue weighted by Crippen LogP contribution is 2.34. The summed E-state index contributed by atoms with van der Waals surface area (Å²) in [5.74, 6) is 1.31. The minimum atomic E-state index is 0.538. The van der Waals surface area contributed by atoms with Crippen molar-refractivity contribution in [1.82, 2.24) is 9.97 Å². The Labute approximate surface area is 186 Å². The standard InChI is InChI=1S/C22H14Cl2N4OS/c23-14-5-6-16(17(24)9-14)20-7-8-21(29-20)19-12-30-22(27-19)28-26-11-13-10-25-18-4-2-1-3-15(13)18/h1-12,25H,(H,27,28)/b26-11-. The van der Waals surface area contributed by atoms with E-state index in [2.05, 4.69) is 26.6 Å². The fraction of sp³-hybridized carbons (Fsp3) is 0. The fourth-order valence-corrected chi connectivity index (χ4v) is 4.26. The summed E-state index contributed by atoms with van der Waals surface area (Å²) in [4.78, 5) is 7.77. The van der Waals surface area contributed by atoms with E-state index in [4.69, 9.17) is 27.6 Å². The molecule has 30 heavy (non-hydrogen) atoms. The molecule has 0 atom stereocenters. The lowest BCUT2D eigenvalue weighted by molar-refractivity contribution is 0.595. The first-order valence-electron chi connectivity index (χ1n) is 9.04. The number of para-hydroxylation sites is 1. The lowest BCUT2D eigenvalue weighted by Crippen LogP contribution is -1.89. The number of hydrogen-bond acceptors (Lipinski definition) is 5. The van der Waals surface area contributed by atoms with Crippen molar-refractivity contribution in [3.8, 4) is 22.8 Å². The number of furan rings is 1. The van der Waals surface area contributed by atoms with Crippen LogP contribution in [0, 0.1) is 0 Å². The highest BCUT2D eigenvalue weighted by Gasteiger charge is 2.12. The number of aromatic amines is 1. The number of hydrazone groups is 1. The third-order valence-corrected chi connectivity index (χ3v) is 5.84. The minimum Gasteiger partial charge on any atom is -0.454 e. The molecule has 0 amide bonds. The van der Waals surface area contributed by atoms with Gasteiger partial charge in [0.25, 0.3) is 0 Å². The van der Waals surface area contributed by atoms with Crippen LogP contribution in [0.5, 0.6) is 0 Å². The molecule has 2 aromatic carbocycles. The topological polar surface area (TPSA) is 66.2 Å². The van der Waals surface area contributed by atoms with Crippen LogP contribution in [-0.4, -0.2) is 16.2 Å². The highest BCUT2D eigenvalue weighted by atomic mass is 35.5. The Morgan fingerprint density at radius 2 is 1.93 bits per heavy atom. The van der Waals surface area contributed by atoms with Crippen LogP contribution in [0.25, 0.3) is 33.7 Å². The quantitative estimate of drug-likeness (QED) is 0.217.